The van der Waals surface area contributed by atoms with Crippen molar-refractivity contribution in [3.63, 3.8) is 0 Å². The van der Waals surface area contributed by atoms with Crippen LogP contribution in [0.15, 0.2) is 24.5 Å². The van der Waals surface area contributed by atoms with Gasteiger partial charge in [-0.1, -0.05) is 13.8 Å². The van der Waals surface area contributed by atoms with Gasteiger partial charge in [0, 0.05) is 31.9 Å². The Morgan fingerprint density at radius 3 is 2.50 bits per heavy atom. The van der Waals surface area contributed by atoms with Gasteiger partial charge in [-0.2, -0.15) is 0 Å². The van der Waals surface area contributed by atoms with Crippen LogP contribution >= 0.6 is 0 Å². The smallest absolute Gasteiger partial charge is 0.222 e. The average molecular weight is 246 g/mol. The summed E-state index contributed by atoms with van der Waals surface area (Å²) >= 11 is 0. The minimum Gasteiger partial charge on any atom is -0.343 e. The first-order chi connectivity index (χ1) is 8.66. The van der Waals surface area contributed by atoms with Crippen LogP contribution in [0.3, 0.4) is 0 Å². The summed E-state index contributed by atoms with van der Waals surface area (Å²) in [5.74, 6) is 1.37. The first-order valence-electron chi connectivity index (χ1n) is 6.84. The first kappa shape index (κ1) is 13.1. The molecule has 0 aromatic carbocycles. The predicted molar refractivity (Wildman–Crippen MR) is 72.2 cm³/mol. The number of aromatic nitrogens is 1. The van der Waals surface area contributed by atoms with Crippen LogP contribution in [0, 0.1) is 5.92 Å². The number of hydrogen-bond acceptors (Lipinski definition) is 2. The maximum absolute atomic E-state index is 12.0. The molecular weight excluding hydrogens is 224 g/mol. The molecule has 0 aliphatic carbocycles. The molecule has 3 nitrogen and oxygen atoms in total. The molecule has 3 heteroatoms. The fourth-order valence-electron chi connectivity index (χ4n) is 2.58. The molecule has 1 aromatic heterocycles. The highest BCUT2D eigenvalue weighted by atomic mass is 16.2. The van der Waals surface area contributed by atoms with Crippen LogP contribution in [0.1, 0.15) is 44.6 Å². The van der Waals surface area contributed by atoms with Crippen molar-refractivity contribution in [2.75, 3.05) is 13.1 Å². The summed E-state index contributed by atoms with van der Waals surface area (Å²) in [4.78, 5) is 18.0. The second kappa shape index (κ2) is 5.98. The van der Waals surface area contributed by atoms with Crippen molar-refractivity contribution in [2.24, 2.45) is 5.92 Å². The number of carbonyl (C=O) groups excluding carboxylic acids is 1. The third-order valence-electron chi connectivity index (χ3n) is 3.61. The van der Waals surface area contributed by atoms with E-state index in [2.05, 4.69) is 31.0 Å². The van der Waals surface area contributed by atoms with Crippen molar-refractivity contribution in [3.8, 4) is 0 Å². The van der Waals surface area contributed by atoms with Gasteiger partial charge in [0.1, 0.15) is 0 Å². The van der Waals surface area contributed by atoms with E-state index in [0.29, 0.717) is 24.2 Å². The van der Waals surface area contributed by atoms with E-state index in [1.54, 1.807) is 0 Å². The summed E-state index contributed by atoms with van der Waals surface area (Å²) in [6.45, 7) is 6.00. The van der Waals surface area contributed by atoms with Gasteiger partial charge >= 0.3 is 0 Å². The van der Waals surface area contributed by atoms with Crippen molar-refractivity contribution in [1.29, 1.82) is 0 Å². The SMILES string of the molecule is CC(C)CC(=O)N1CCC(c2ccncc2)CC1. The second-order valence-corrected chi connectivity index (χ2v) is 5.53. The van der Waals surface area contributed by atoms with Crippen LogP contribution in [0.4, 0.5) is 0 Å². The third-order valence-corrected chi connectivity index (χ3v) is 3.61. The van der Waals surface area contributed by atoms with Crippen LogP contribution in [0.5, 0.6) is 0 Å². The maximum atomic E-state index is 12.0. The van der Waals surface area contributed by atoms with Gasteiger partial charge in [0.15, 0.2) is 0 Å². The van der Waals surface area contributed by atoms with Gasteiger partial charge in [-0.05, 0) is 42.4 Å². The minimum absolute atomic E-state index is 0.318. The normalized spacial score (nSPS) is 17.2. The lowest BCUT2D eigenvalue weighted by Gasteiger charge is -2.32. The highest BCUT2D eigenvalue weighted by Crippen LogP contribution is 2.27. The summed E-state index contributed by atoms with van der Waals surface area (Å²) in [7, 11) is 0. The Hall–Kier alpha value is -1.38. The highest BCUT2D eigenvalue weighted by molar-refractivity contribution is 5.76. The van der Waals surface area contributed by atoms with Crippen molar-refractivity contribution in [2.45, 2.75) is 39.0 Å². The van der Waals surface area contributed by atoms with E-state index in [0.717, 1.165) is 25.9 Å². The van der Waals surface area contributed by atoms with Crippen molar-refractivity contribution >= 4 is 5.91 Å². The second-order valence-electron chi connectivity index (χ2n) is 5.53. The van der Waals surface area contributed by atoms with Gasteiger partial charge in [0.05, 0.1) is 0 Å². The molecule has 0 radical (unpaired) electrons. The zero-order chi connectivity index (χ0) is 13.0. The number of nitrogens with zero attached hydrogens (tertiary/aromatic N) is 2. The van der Waals surface area contributed by atoms with Gasteiger partial charge in [-0.3, -0.25) is 9.78 Å². The molecule has 2 heterocycles. The number of hydrogen-bond donors (Lipinski definition) is 0. The van der Waals surface area contributed by atoms with E-state index in [1.165, 1.54) is 5.56 Å². The van der Waals surface area contributed by atoms with Crippen molar-refractivity contribution in [3.05, 3.63) is 30.1 Å². The molecule has 1 saturated heterocycles. The molecule has 1 aliphatic rings. The zero-order valence-electron chi connectivity index (χ0n) is 11.3. The zero-order valence-corrected chi connectivity index (χ0v) is 11.3. The van der Waals surface area contributed by atoms with Crippen LogP contribution in [0.25, 0.3) is 0 Å². The summed E-state index contributed by atoms with van der Waals surface area (Å²) in [6, 6.07) is 4.19. The van der Waals surface area contributed by atoms with E-state index in [4.69, 9.17) is 0 Å². The average Bonchev–Trinajstić information content (AvgIpc) is 2.39. The van der Waals surface area contributed by atoms with Crippen LogP contribution in [-0.4, -0.2) is 28.9 Å². The summed E-state index contributed by atoms with van der Waals surface area (Å²) in [5, 5.41) is 0. The molecule has 0 spiro atoms. The summed E-state index contributed by atoms with van der Waals surface area (Å²) < 4.78 is 0. The molecule has 1 fully saturated rings. The van der Waals surface area contributed by atoms with E-state index in [9.17, 15) is 4.79 Å². The Labute approximate surface area is 109 Å². The molecule has 0 N–H and O–H groups in total. The number of piperidine rings is 1. The monoisotopic (exact) mass is 246 g/mol. The summed E-state index contributed by atoms with van der Waals surface area (Å²) in [6.07, 6.45) is 6.54. The molecular formula is C15H22N2O. The highest BCUT2D eigenvalue weighted by Gasteiger charge is 2.23. The Morgan fingerprint density at radius 2 is 1.94 bits per heavy atom. The quantitative estimate of drug-likeness (QED) is 0.821. The fourth-order valence-corrected chi connectivity index (χ4v) is 2.58. The molecule has 1 amide bonds. The topological polar surface area (TPSA) is 33.2 Å². The first-order valence-corrected chi connectivity index (χ1v) is 6.84. The van der Waals surface area contributed by atoms with Gasteiger partial charge < -0.3 is 4.90 Å². The van der Waals surface area contributed by atoms with Gasteiger partial charge in [0.2, 0.25) is 5.91 Å². The third kappa shape index (κ3) is 3.31. The number of likely N-dealkylation sites (tertiary alicyclic amines) is 1. The number of rotatable bonds is 3. The van der Waals surface area contributed by atoms with E-state index in [1.807, 2.05) is 17.3 Å². The lowest BCUT2D eigenvalue weighted by Crippen LogP contribution is -2.38. The van der Waals surface area contributed by atoms with Crippen molar-refractivity contribution < 1.29 is 4.79 Å². The standard InChI is InChI=1S/C15H22N2O/c1-12(2)11-15(18)17-9-5-14(6-10-17)13-3-7-16-8-4-13/h3-4,7-8,12,14H,5-6,9-11H2,1-2H3. The van der Waals surface area contributed by atoms with E-state index in [-0.39, 0.29) is 0 Å². The Kier molecular flexibility index (Phi) is 4.34. The fraction of sp³-hybridized carbons (Fsp3) is 0.600. The lowest BCUT2D eigenvalue weighted by molar-refractivity contribution is -0.133. The summed E-state index contributed by atoms with van der Waals surface area (Å²) in [5.41, 5.74) is 1.36. The lowest BCUT2D eigenvalue weighted by atomic mass is 9.90. The Morgan fingerprint density at radius 1 is 1.33 bits per heavy atom. The largest absolute Gasteiger partial charge is 0.343 e. The molecule has 0 saturated carbocycles. The Bertz CT molecular complexity index is 381. The van der Waals surface area contributed by atoms with Crippen molar-refractivity contribution in [1.82, 2.24) is 9.88 Å². The van der Waals surface area contributed by atoms with Crippen LogP contribution < -0.4 is 0 Å². The maximum Gasteiger partial charge on any atom is 0.222 e. The Balaban J connectivity index is 1.87. The van der Waals surface area contributed by atoms with Gasteiger partial charge in [-0.25, -0.2) is 0 Å². The molecule has 2 rings (SSSR count). The van der Waals surface area contributed by atoms with Crippen LogP contribution in [-0.2, 0) is 4.79 Å². The van der Waals surface area contributed by atoms with E-state index < -0.39 is 0 Å². The molecule has 98 valence electrons. The molecule has 0 unspecified atom stereocenters. The molecule has 18 heavy (non-hydrogen) atoms. The minimum atomic E-state index is 0.318. The molecule has 0 bridgehead atoms. The molecule has 1 aromatic rings. The molecule has 0 atom stereocenters. The number of amides is 1. The van der Waals surface area contributed by atoms with Gasteiger partial charge in [0.25, 0.3) is 0 Å². The molecule has 1 aliphatic heterocycles. The number of carbonyl (C=O) groups is 1. The number of pyridine rings is 1. The van der Waals surface area contributed by atoms with Crippen LogP contribution in [0.2, 0.25) is 0 Å². The van der Waals surface area contributed by atoms with Gasteiger partial charge in [-0.15, -0.1) is 0 Å². The predicted octanol–water partition coefficient (Wildman–Crippen LogP) is 2.83. The van der Waals surface area contributed by atoms with E-state index >= 15 is 0 Å².